The topological polar surface area (TPSA) is 41.6 Å². The summed E-state index contributed by atoms with van der Waals surface area (Å²) in [6.45, 7) is 5.68. The standard InChI is InChI=1S/C18H26N2O2/c1-13(2)22-17-5-3-4-14(11-17)8-9-19-18(21)20-12-15-6-7-16(20)10-15/h3-5,11,13,15-16H,6-10,12H2,1-2H3,(H,19,21)/t15-,16-/m0/s1. The van der Waals surface area contributed by atoms with Crippen molar-refractivity contribution in [2.45, 2.75) is 51.7 Å². The molecular weight excluding hydrogens is 276 g/mol. The van der Waals surface area contributed by atoms with Gasteiger partial charge in [-0.1, -0.05) is 12.1 Å². The van der Waals surface area contributed by atoms with Crippen molar-refractivity contribution in [3.05, 3.63) is 29.8 Å². The van der Waals surface area contributed by atoms with Gasteiger partial charge in [-0.15, -0.1) is 0 Å². The normalized spacial score (nSPS) is 23.1. The van der Waals surface area contributed by atoms with Crippen LogP contribution in [0.5, 0.6) is 5.75 Å². The fourth-order valence-corrected chi connectivity index (χ4v) is 3.64. The van der Waals surface area contributed by atoms with Crippen LogP contribution in [0.2, 0.25) is 0 Å². The summed E-state index contributed by atoms with van der Waals surface area (Å²) in [5.74, 6) is 1.65. The molecular formula is C18H26N2O2. The summed E-state index contributed by atoms with van der Waals surface area (Å²) in [5.41, 5.74) is 1.20. The van der Waals surface area contributed by atoms with E-state index >= 15 is 0 Å². The Morgan fingerprint density at radius 3 is 2.95 bits per heavy atom. The number of urea groups is 1. The third kappa shape index (κ3) is 3.54. The van der Waals surface area contributed by atoms with Crippen molar-refractivity contribution in [3.8, 4) is 5.75 Å². The number of amides is 2. The molecule has 0 unspecified atom stereocenters. The van der Waals surface area contributed by atoms with Crippen molar-refractivity contribution in [2.24, 2.45) is 5.92 Å². The van der Waals surface area contributed by atoms with Crippen molar-refractivity contribution >= 4 is 6.03 Å². The minimum Gasteiger partial charge on any atom is -0.491 e. The zero-order valence-corrected chi connectivity index (χ0v) is 13.5. The fourth-order valence-electron chi connectivity index (χ4n) is 3.64. The number of carbonyl (C=O) groups excluding carboxylic acids is 1. The van der Waals surface area contributed by atoms with Gasteiger partial charge in [0.2, 0.25) is 0 Å². The van der Waals surface area contributed by atoms with E-state index in [1.54, 1.807) is 0 Å². The Balaban J connectivity index is 1.45. The average Bonchev–Trinajstić information content (AvgIpc) is 3.09. The highest BCUT2D eigenvalue weighted by molar-refractivity contribution is 5.75. The first-order chi connectivity index (χ1) is 10.6. The molecule has 1 saturated carbocycles. The lowest BCUT2D eigenvalue weighted by Gasteiger charge is -2.27. The third-order valence-corrected chi connectivity index (χ3v) is 4.63. The molecule has 2 bridgehead atoms. The van der Waals surface area contributed by atoms with Crippen LogP contribution in [0, 0.1) is 5.92 Å². The molecule has 4 nitrogen and oxygen atoms in total. The lowest BCUT2D eigenvalue weighted by atomic mass is 10.1. The first-order valence-corrected chi connectivity index (χ1v) is 8.42. The van der Waals surface area contributed by atoms with E-state index in [9.17, 15) is 4.79 Å². The van der Waals surface area contributed by atoms with E-state index in [4.69, 9.17) is 4.74 Å². The molecule has 120 valence electrons. The van der Waals surface area contributed by atoms with Crippen LogP contribution in [-0.2, 0) is 6.42 Å². The summed E-state index contributed by atoms with van der Waals surface area (Å²) in [6.07, 6.45) is 4.72. The minimum atomic E-state index is 0.113. The maximum atomic E-state index is 12.2. The van der Waals surface area contributed by atoms with E-state index in [-0.39, 0.29) is 12.1 Å². The summed E-state index contributed by atoms with van der Waals surface area (Å²) in [5, 5.41) is 3.06. The van der Waals surface area contributed by atoms with Gasteiger partial charge in [-0.2, -0.15) is 0 Å². The van der Waals surface area contributed by atoms with Gasteiger partial charge >= 0.3 is 6.03 Å². The first kappa shape index (κ1) is 15.2. The van der Waals surface area contributed by atoms with Gasteiger partial charge in [0.1, 0.15) is 5.75 Å². The van der Waals surface area contributed by atoms with Gasteiger partial charge < -0.3 is 15.0 Å². The molecule has 4 heteroatoms. The van der Waals surface area contributed by atoms with Crippen molar-refractivity contribution in [2.75, 3.05) is 13.1 Å². The molecule has 1 aliphatic carbocycles. The summed E-state index contributed by atoms with van der Waals surface area (Å²) in [6, 6.07) is 8.73. The Morgan fingerprint density at radius 2 is 2.27 bits per heavy atom. The predicted octanol–water partition coefficient (Wildman–Crippen LogP) is 3.21. The average molecular weight is 302 g/mol. The van der Waals surface area contributed by atoms with Gasteiger partial charge in [-0.25, -0.2) is 4.79 Å². The highest BCUT2D eigenvalue weighted by Crippen LogP contribution is 2.37. The van der Waals surface area contributed by atoms with Gasteiger partial charge in [0.15, 0.2) is 0 Å². The largest absolute Gasteiger partial charge is 0.491 e. The van der Waals surface area contributed by atoms with E-state index in [0.29, 0.717) is 12.6 Å². The second-order valence-electron chi connectivity index (χ2n) is 6.78. The molecule has 1 heterocycles. The van der Waals surface area contributed by atoms with Gasteiger partial charge in [0.25, 0.3) is 0 Å². The number of hydrogen-bond donors (Lipinski definition) is 1. The second-order valence-corrected chi connectivity index (χ2v) is 6.78. The molecule has 22 heavy (non-hydrogen) atoms. The Bertz CT molecular complexity index is 530. The lowest BCUT2D eigenvalue weighted by Crippen LogP contribution is -2.44. The number of piperidine rings is 1. The van der Waals surface area contributed by atoms with E-state index < -0.39 is 0 Å². The molecule has 1 N–H and O–H groups in total. The van der Waals surface area contributed by atoms with Crippen LogP contribution in [0.25, 0.3) is 0 Å². The van der Waals surface area contributed by atoms with Crippen LogP contribution in [-0.4, -0.2) is 36.2 Å². The van der Waals surface area contributed by atoms with Gasteiger partial charge in [-0.05, 0) is 63.1 Å². The number of fused-ring (bicyclic) bond motifs is 2. The zero-order valence-electron chi connectivity index (χ0n) is 13.5. The molecule has 1 aliphatic heterocycles. The van der Waals surface area contributed by atoms with E-state index in [0.717, 1.165) is 24.6 Å². The molecule has 1 aromatic rings. The number of nitrogens with one attached hydrogen (secondary N) is 1. The number of benzene rings is 1. The summed E-state index contributed by atoms with van der Waals surface area (Å²) < 4.78 is 5.70. The molecule has 1 saturated heterocycles. The highest BCUT2D eigenvalue weighted by Gasteiger charge is 2.39. The van der Waals surface area contributed by atoms with Crippen LogP contribution in [0.4, 0.5) is 4.79 Å². The number of hydrogen-bond acceptors (Lipinski definition) is 2. The molecule has 0 spiro atoms. The van der Waals surface area contributed by atoms with E-state index in [1.807, 2.05) is 30.9 Å². The Kier molecular flexibility index (Phi) is 4.55. The van der Waals surface area contributed by atoms with Crippen molar-refractivity contribution in [1.29, 1.82) is 0 Å². The number of ether oxygens (including phenoxy) is 1. The molecule has 3 rings (SSSR count). The van der Waals surface area contributed by atoms with Crippen LogP contribution >= 0.6 is 0 Å². The molecule has 0 aromatic heterocycles. The van der Waals surface area contributed by atoms with Crippen LogP contribution in [0.3, 0.4) is 0 Å². The van der Waals surface area contributed by atoms with Crippen LogP contribution < -0.4 is 10.1 Å². The van der Waals surface area contributed by atoms with Gasteiger partial charge in [0, 0.05) is 19.1 Å². The second kappa shape index (κ2) is 6.59. The third-order valence-electron chi connectivity index (χ3n) is 4.63. The SMILES string of the molecule is CC(C)Oc1cccc(CCNC(=O)N2C[C@H]3CC[C@H]2C3)c1. The Labute approximate surface area is 132 Å². The molecule has 2 fully saturated rings. The summed E-state index contributed by atoms with van der Waals surface area (Å²) in [4.78, 5) is 14.3. The highest BCUT2D eigenvalue weighted by atomic mass is 16.5. The van der Waals surface area contributed by atoms with Crippen molar-refractivity contribution in [3.63, 3.8) is 0 Å². The maximum Gasteiger partial charge on any atom is 0.317 e. The van der Waals surface area contributed by atoms with E-state index in [2.05, 4.69) is 17.4 Å². The maximum absolute atomic E-state index is 12.2. The number of nitrogens with zero attached hydrogens (tertiary/aromatic N) is 1. The molecule has 2 atom stereocenters. The van der Waals surface area contributed by atoms with Crippen LogP contribution in [0.1, 0.15) is 38.7 Å². The van der Waals surface area contributed by atoms with Crippen molar-refractivity contribution in [1.82, 2.24) is 10.2 Å². The minimum absolute atomic E-state index is 0.113. The summed E-state index contributed by atoms with van der Waals surface area (Å²) in [7, 11) is 0. The van der Waals surface area contributed by atoms with Gasteiger partial charge in [-0.3, -0.25) is 0 Å². The van der Waals surface area contributed by atoms with E-state index in [1.165, 1.54) is 24.8 Å². The van der Waals surface area contributed by atoms with Crippen LogP contribution in [0.15, 0.2) is 24.3 Å². The zero-order chi connectivity index (χ0) is 15.5. The van der Waals surface area contributed by atoms with Crippen molar-refractivity contribution < 1.29 is 9.53 Å². The quantitative estimate of drug-likeness (QED) is 0.907. The smallest absolute Gasteiger partial charge is 0.317 e. The monoisotopic (exact) mass is 302 g/mol. The lowest BCUT2D eigenvalue weighted by molar-refractivity contribution is 0.181. The predicted molar refractivity (Wildman–Crippen MR) is 87.1 cm³/mol. The molecule has 1 aromatic carbocycles. The Morgan fingerprint density at radius 1 is 1.41 bits per heavy atom. The fraction of sp³-hybridized carbons (Fsp3) is 0.611. The number of likely N-dealkylation sites (tertiary alicyclic amines) is 1. The molecule has 0 radical (unpaired) electrons. The number of carbonyl (C=O) groups is 1. The number of rotatable bonds is 5. The Hall–Kier alpha value is -1.71. The molecule has 2 amide bonds. The first-order valence-electron chi connectivity index (χ1n) is 8.42. The summed E-state index contributed by atoms with van der Waals surface area (Å²) >= 11 is 0. The molecule has 2 aliphatic rings. The van der Waals surface area contributed by atoms with Gasteiger partial charge in [0.05, 0.1) is 6.10 Å².